The van der Waals surface area contributed by atoms with Crippen LogP contribution in [0.15, 0.2) is 24.3 Å². The van der Waals surface area contributed by atoms with Gasteiger partial charge < -0.3 is 10.2 Å². The molecule has 1 aromatic rings. The molecule has 2 unspecified atom stereocenters. The second kappa shape index (κ2) is 8.50. The van der Waals surface area contributed by atoms with Crippen LogP contribution in [0.4, 0.5) is 5.69 Å². The van der Waals surface area contributed by atoms with Crippen molar-refractivity contribution in [3.05, 3.63) is 29.8 Å². The van der Waals surface area contributed by atoms with Gasteiger partial charge in [-0.1, -0.05) is 44.4 Å². The molecule has 3 rings (SSSR count). The van der Waals surface area contributed by atoms with E-state index in [4.69, 9.17) is 0 Å². The molecule has 1 aromatic carbocycles. The zero-order valence-corrected chi connectivity index (χ0v) is 15.3. The highest BCUT2D eigenvalue weighted by Crippen LogP contribution is 2.30. The van der Waals surface area contributed by atoms with E-state index in [1.165, 1.54) is 37.7 Å². The molecule has 0 saturated heterocycles. The molecular weight excluding hydrogens is 312 g/mol. The third kappa shape index (κ3) is 4.42. The Morgan fingerprint density at radius 3 is 2.88 bits per heavy atom. The Labute approximate surface area is 151 Å². The van der Waals surface area contributed by atoms with Crippen molar-refractivity contribution in [1.29, 1.82) is 0 Å². The summed E-state index contributed by atoms with van der Waals surface area (Å²) >= 11 is 0. The SMILES string of the molecule is CCCCC1CCCC1NC(=O)CN1C(=O)CCCc2ccccc21. The monoisotopic (exact) mass is 342 g/mol. The number of amides is 2. The summed E-state index contributed by atoms with van der Waals surface area (Å²) in [6.45, 7) is 2.36. The highest BCUT2D eigenvalue weighted by atomic mass is 16.2. The van der Waals surface area contributed by atoms with Crippen LogP contribution in [0.3, 0.4) is 0 Å². The lowest BCUT2D eigenvalue weighted by molar-refractivity contribution is -0.124. The maximum Gasteiger partial charge on any atom is 0.240 e. The van der Waals surface area contributed by atoms with E-state index < -0.39 is 0 Å². The van der Waals surface area contributed by atoms with E-state index in [9.17, 15) is 9.59 Å². The fourth-order valence-electron chi connectivity index (χ4n) is 4.29. The first-order valence-corrected chi connectivity index (χ1v) is 9.86. The van der Waals surface area contributed by atoms with E-state index in [0.717, 1.165) is 24.9 Å². The van der Waals surface area contributed by atoms with Crippen molar-refractivity contribution < 1.29 is 9.59 Å². The average Bonchev–Trinajstić information content (AvgIpc) is 2.98. The minimum absolute atomic E-state index is 0.0153. The predicted octanol–water partition coefficient (Wildman–Crippen LogP) is 3.83. The van der Waals surface area contributed by atoms with Crippen LogP contribution < -0.4 is 10.2 Å². The van der Waals surface area contributed by atoms with Crippen LogP contribution in [-0.2, 0) is 16.0 Å². The summed E-state index contributed by atoms with van der Waals surface area (Å²) in [6, 6.07) is 8.27. The summed E-state index contributed by atoms with van der Waals surface area (Å²) in [5.74, 6) is 0.656. The van der Waals surface area contributed by atoms with Gasteiger partial charge in [0, 0.05) is 18.2 Å². The van der Waals surface area contributed by atoms with E-state index in [-0.39, 0.29) is 24.4 Å². The number of carbonyl (C=O) groups excluding carboxylic acids is 2. The Kier molecular flexibility index (Phi) is 6.11. The van der Waals surface area contributed by atoms with Crippen LogP contribution in [0, 0.1) is 5.92 Å². The number of rotatable bonds is 6. The standard InChI is InChI=1S/C21H30N2O2/c1-2-3-8-16-10-6-12-18(16)22-20(24)15-23-19-13-5-4-9-17(19)11-7-14-21(23)25/h4-5,9,13,16,18H,2-3,6-8,10-12,14-15H2,1H3,(H,22,24). The van der Waals surface area contributed by atoms with Crippen molar-refractivity contribution in [1.82, 2.24) is 5.32 Å². The lowest BCUT2D eigenvalue weighted by Crippen LogP contribution is -2.45. The van der Waals surface area contributed by atoms with Crippen LogP contribution in [0.5, 0.6) is 0 Å². The van der Waals surface area contributed by atoms with Crippen molar-refractivity contribution >= 4 is 17.5 Å². The van der Waals surface area contributed by atoms with Crippen molar-refractivity contribution in [3.63, 3.8) is 0 Å². The minimum atomic E-state index is -0.0153. The second-order valence-corrected chi connectivity index (χ2v) is 7.47. The number of benzene rings is 1. The van der Waals surface area contributed by atoms with E-state index >= 15 is 0 Å². The number of hydrogen-bond donors (Lipinski definition) is 1. The van der Waals surface area contributed by atoms with Crippen LogP contribution >= 0.6 is 0 Å². The van der Waals surface area contributed by atoms with Crippen LogP contribution in [0.2, 0.25) is 0 Å². The molecule has 0 bridgehead atoms. The smallest absolute Gasteiger partial charge is 0.240 e. The van der Waals surface area contributed by atoms with Crippen molar-refractivity contribution in [2.75, 3.05) is 11.4 Å². The molecule has 1 heterocycles. The first kappa shape index (κ1) is 18.0. The molecule has 0 radical (unpaired) electrons. The second-order valence-electron chi connectivity index (χ2n) is 7.47. The topological polar surface area (TPSA) is 49.4 Å². The van der Waals surface area contributed by atoms with Gasteiger partial charge in [-0.15, -0.1) is 0 Å². The fourth-order valence-corrected chi connectivity index (χ4v) is 4.29. The summed E-state index contributed by atoms with van der Waals surface area (Å²) in [7, 11) is 0. The van der Waals surface area contributed by atoms with Gasteiger partial charge in [0.2, 0.25) is 11.8 Å². The number of nitrogens with one attached hydrogen (secondary N) is 1. The molecule has 0 spiro atoms. The van der Waals surface area contributed by atoms with E-state index in [2.05, 4.69) is 18.3 Å². The minimum Gasteiger partial charge on any atom is -0.352 e. The molecule has 1 N–H and O–H groups in total. The molecule has 1 saturated carbocycles. The Hall–Kier alpha value is -1.84. The molecule has 0 aromatic heterocycles. The fraction of sp³-hybridized carbons (Fsp3) is 0.619. The molecule has 2 amide bonds. The maximum absolute atomic E-state index is 12.6. The number of carbonyl (C=O) groups is 2. The van der Waals surface area contributed by atoms with Crippen LogP contribution in [0.1, 0.15) is 63.9 Å². The summed E-state index contributed by atoms with van der Waals surface area (Å²) < 4.78 is 0. The van der Waals surface area contributed by atoms with Gasteiger partial charge in [-0.3, -0.25) is 9.59 Å². The Bertz CT molecular complexity index is 614. The maximum atomic E-state index is 12.6. The van der Waals surface area contributed by atoms with Crippen molar-refractivity contribution in [2.45, 2.75) is 70.8 Å². The molecular formula is C21H30N2O2. The Morgan fingerprint density at radius 2 is 2.04 bits per heavy atom. The number of aryl methyl sites for hydroxylation is 1. The van der Waals surface area contributed by atoms with Crippen molar-refractivity contribution in [2.24, 2.45) is 5.92 Å². The molecule has 2 aliphatic rings. The number of para-hydroxylation sites is 1. The van der Waals surface area contributed by atoms with Gasteiger partial charge in [-0.25, -0.2) is 0 Å². The molecule has 4 nitrogen and oxygen atoms in total. The normalized spacial score (nSPS) is 23.2. The van der Waals surface area contributed by atoms with Gasteiger partial charge in [-0.2, -0.15) is 0 Å². The van der Waals surface area contributed by atoms with Gasteiger partial charge >= 0.3 is 0 Å². The third-order valence-electron chi connectivity index (χ3n) is 5.66. The number of unbranched alkanes of at least 4 members (excludes halogenated alkanes) is 1. The lowest BCUT2D eigenvalue weighted by Gasteiger charge is -2.25. The Balaban J connectivity index is 1.64. The van der Waals surface area contributed by atoms with Crippen molar-refractivity contribution in [3.8, 4) is 0 Å². The molecule has 2 atom stereocenters. The highest BCUT2D eigenvalue weighted by molar-refractivity contribution is 5.99. The molecule has 25 heavy (non-hydrogen) atoms. The highest BCUT2D eigenvalue weighted by Gasteiger charge is 2.30. The number of hydrogen-bond acceptors (Lipinski definition) is 2. The lowest BCUT2D eigenvalue weighted by atomic mass is 9.97. The van der Waals surface area contributed by atoms with Gasteiger partial charge in [0.15, 0.2) is 0 Å². The van der Waals surface area contributed by atoms with Crippen LogP contribution in [-0.4, -0.2) is 24.4 Å². The summed E-state index contributed by atoms with van der Waals surface area (Å²) in [5, 5.41) is 3.22. The first-order valence-electron chi connectivity index (χ1n) is 9.86. The quantitative estimate of drug-likeness (QED) is 0.854. The Morgan fingerprint density at radius 1 is 1.20 bits per heavy atom. The molecule has 136 valence electrons. The molecule has 1 aliphatic carbocycles. The number of anilines is 1. The summed E-state index contributed by atoms with van der Waals surface area (Å²) in [6.07, 6.45) is 9.41. The zero-order chi connectivity index (χ0) is 17.6. The predicted molar refractivity (Wildman–Crippen MR) is 101 cm³/mol. The average molecular weight is 342 g/mol. The van der Waals surface area contributed by atoms with E-state index in [1.807, 2.05) is 18.2 Å². The van der Waals surface area contributed by atoms with E-state index in [0.29, 0.717) is 12.3 Å². The first-order chi connectivity index (χ1) is 12.2. The number of fused-ring (bicyclic) bond motifs is 1. The third-order valence-corrected chi connectivity index (χ3v) is 5.66. The molecule has 1 fully saturated rings. The van der Waals surface area contributed by atoms with E-state index in [1.54, 1.807) is 4.90 Å². The summed E-state index contributed by atoms with van der Waals surface area (Å²) in [5.41, 5.74) is 2.08. The molecule has 1 aliphatic heterocycles. The summed E-state index contributed by atoms with van der Waals surface area (Å²) in [4.78, 5) is 26.8. The van der Waals surface area contributed by atoms with Crippen LogP contribution in [0.25, 0.3) is 0 Å². The van der Waals surface area contributed by atoms with Gasteiger partial charge in [0.05, 0.1) is 0 Å². The van der Waals surface area contributed by atoms with Gasteiger partial charge in [-0.05, 0) is 49.7 Å². The number of nitrogens with zero attached hydrogens (tertiary/aromatic N) is 1. The molecule has 4 heteroatoms. The zero-order valence-electron chi connectivity index (χ0n) is 15.3. The van der Waals surface area contributed by atoms with Gasteiger partial charge in [0.25, 0.3) is 0 Å². The largest absolute Gasteiger partial charge is 0.352 e. The van der Waals surface area contributed by atoms with Gasteiger partial charge in [0.1, 0.15) is 6.54 Å².